The zero-order valence-corrected chi connectivity index (χ0v) is 9.80. The highest BCUT2D eigenvalue weighted by Gasteiger charge is 2.48. The standard InChI is InChI=1S/C11H8F2N2O5/c12-6-2-7(13)9(15(19)20)3-8(6)14-10(16)4-1-5(4)11(17)18/h2-5H,1H2,(H,14,16)(H,17,18)/t4-,5+/m1/s1. The molecule has 1 aromatic carbocycles. The molecule has 0 aliphatic heterocycles. The van der Waals surface area contributed by atoms with Gasteiger partial charge in [-0.1, -0.05) is 0 Å². The lowest BCUT2D eigenvalue weighted by molar-refractivity contribution is -0.387. The van der Waals surface area contributed by atoms with Crippen molar-refractivity contribution in [2.45, 2.75) is 6.42 Å². The molecule has 9 heteroatoms. The molecule has 0 aromatic heterocycles. The monoisotopic (exact) mass is 286 g/mol. The van der Waals surface area contributed by atoms with Crippen molar-refractivity contribution in [1.82, 2.24) is 0 Å². The van der Waals surface area contributed by atoms with Crippen molar-refractivity contribution in [1.29, 1.82) is 0 Å². The molecule has 0 unspecified atom stereocenters. The highest BCUT2D eigenvalue weighted by Crippen LogP contribution is 2.39. The summed E-state index contributed by atoms with van der Waals surface area (Å²) in [5.74, 6) is -6.09. The normalized spacial score (nSPS) is 20.3. The number of nitro groups is 1. The number of nitrogens with one attached hydrogen (secondary N) is 1. The Balaban J connectivity index is 2.18. The van der Waals surface area contributed by atoms with Gasteiger partial charge in [0.1, 0.15) is 5.82 Å². The molecule has 1 aromatic rings. The van der Waals surface area contributed by atoms with Crippen LogP contribution >= 0.6 is 0 Å². The first-order valence-corrected chi connectivity index (χ1v) is 5.48. The molecule has 0 saturated heterocycles. The summed E-state index contributed by atoms with van der Waals surface area (Å²) in [6.07, 6.45) is 0.117. The molecule has 1 aliphatic rings. The maximum Gasteiger partial charge on any atom is 0.307 e. The molecule has 1 saturated carbocycles. The largest absolute Gasteiger partial charge is 0.481 e. The summed E-state index contributed by atoms with van der Waals surface area (Å²) < 4.78 is 26.5. The van der Waals surface area contributed by atoms with Crippen LogP contribution in [0.4, 0.5) is 20.2 Å². The minimum absolute atomic E-state index is 0.117. The Morgan fingerprint density at radius 3 is 2.45 bits per heavy atom. The van der Waals surface area contributed by atoms with E-state index < -0.39 is 51.6 Å². The van der Waals surface area contributed by atoms with Crippen LogP contribution in [0, 0.1) is 33.6 Å². The molecule has 2 atom stereocenters. The van der Waals surface area contributed by atoms with Crippen molar-refractivity contribution in [3.05, 3.63) is 33.9 Å². The van der Waals surface area contributed by atoms with Crippen molar-refractivity contribution in [3.63, 3.8) is 0 Å². The number of benzene rings is 1. The molecule has 106 valence electrons. The number of carboxylic acid groups (broad SMARTS) is 1. The van der Waals surface area contributed by atoms with Gasteiger partial charge in [0, 0.05) is 12.1 Å². The average Bonchev–Trinajstić information content (AvgIpc) is 3.12. The van der Waals surface area contributed by atoms with Crippen LogP contribution in [0.2, 0.25) is 0 Å². The van der Waals surface area contributed by atoms with Gasteiger partial charge in [0.25, 0.3) is 0 Å². The lowest BCUT2D eigenvalue weighted by Crippen LogP contribution is -2.18. The van der Waals surface area contributed by atoms with E-state index >= 15 is 0 Å². The summed E-state index contributed by atoms with van der Waals surface area (Å²) in [6.45, 7) is 0. The maximum absolute atomic E-state index is 13.4. The Morgan fingerprint density at radius 1 is 1.30 bits per heavy atom. The topological polar surface area (TPSA) is 110 Å². The molecule has 1 aliphatic carbocycles. The summed E-state index contributed by atoms with van der Waals surface area (Å²) >= 11 is 0. The summed E-state index contributed by atoms with van der Waals surface area (Å²) in [5.41, 5.74) is -1.54. The minimum Gasteiger partial charge on any atom is -0.481 e. The Morgan fingerprint density at radius 2 is 1.95 bits per heavy atom. The molecule has 0 bridgehead atoms. The van der Waals surface area contributed by atoms with E-state index in [4.69, 9.17) is 5.11 Å². The van der Waals surface area contributed by atoms with Crippen LogP contribution in [-0.2, 0) is 9.59 Å². The Kier molecular flexibility index (Phi) is 3.35. The second-order valence-electron chi connectivity index (χ2n) is 4.32. The fourth-order valence-corrected chi connectivity index (χ4v) is 1.76. The molecule has 1 fully saturated rings. The number of carboxylic acids is 1. The number of aliphatic carboxylic acids is 1. The lowest BCUT2D eigenvalue weighted by atomic mass is 10.2. The second kappa shape index (κ2) is 4.83. The molecule has 2 N–H and O–H groups in total. The summed E-state index contributed by atoms with van der Waals surface area (Å²) in [5, 5.41) is 21.2. The van der Waals surface area contributed by atoms with Crippen LogP contribution in [0.25, 0.3) is 0 Å². The van der Waals surface area contributed by atoms with Crippen LogP contribution in [0.5, 0.6) is 0 Å². The van der Waals surface area contributed by atoms with Gasteiger partial charge in [-0.2, -0.15) is 4.39 Å². The predicted octanol–water partition coefficient (Wildman–Crippen LogP) is 1.53. The number of nitro benzene ring substituents is 1. The van der Waals surface area contributed by atoms with Crippen molar-refractivity contribution in [2.24, 2.45) is 11.8 Å². The highest BCUT2D eigenvalue weighted by atomic mass is 19.1. The van der Waals surface area contributed by atoms with Crippen molar-refractivity contribution >= 4 is 23.3 Å². The third kappa shape index (κ3) is 2.56. The third-order valence-electron chi connectivity index (χ3n) is 2.94. The van der Waals surface area contributed by atoms with E-state index in [1.165, 1.54) is 0 Å². The van der Waals surface area contributed by atoms with Crippen molar-refractivity contribution in [2.75, 3.05) is 5.32 Å². The predicted molar refractivity (Wildman–Crippen MR) is 60.9 cm³/mol. The molecule has 1 amide bonds. The number of anilines is 1. The quantitative estimate of drug-likeness (QED) is 0.644. The zero-order chi connectivity index (χ0) is 15.0. The van der Waals surface area contributed by atoms with Crippen molar-refractivity contribution in [3.8, 4) is 0 Å². The van der Waals surface area contributed by atoms with Gasteiger partial charge >= 0.3 is 11.7 Å². The van der Waals surface area contributed by atoms with Crippen molar-refractivity contribution < 1.29 is 28.4 Å². The number of hydrogen-bond donors (Lipinski definition) is 2. The lowest BCUT2D eigenvalue weighted by Gasteiger charge is -2.06. The number of nitrogens with zero attached hydrogens (tertiary/aromatic N) is 1. The molecular weight excluding hydrogens is 278 g/mol. The van der Waals surface area contributed by atoms with Crippen LogP contribution < -0.4 is 5.32 Å². The van der Waals surface area contributed by atoms with Crippen LogP contribution in [-0.4, -0.2) is 21.9 Å². The fourth-order valence-electron chi connectivity index (χ4n) is 1.76. The average molecular weight is 286 g/mol. The van der Waals surface area contributed by atoms with E-state index in [9.17, 15) is 28.5 Å². The van der Waals surface area contributed by atoms with Gasteiger partial charge in [0.15, 0.2) is 0 Å². The molecule has 7 nitrogen and oxygen atoms in total. The van der Waals surface area contributed by atoms with Crippen LogP contribution in [0.15, 0.2) is 12.1 Å². The van der Waals surface area contributed by atoms with Gasteiger partial charge in [0.05, 0.1) is 22.4 Å². The van der Waals surface area contributed by atoms with E-state index in [2.05, 4.69) is 0 Å². The first-order valence-electron chi connectivity index (χ1n) is 5.48. The molecule has 0 radical (unpaired) electrons. The van der Waals surface area contributed by atoms with E-state index in [1.54, 1.807) is 0 Å². The number of halogens is 2. The zero-order valence-electron chi connectivity index (χ0n) is 9.80. The maximum atomic E-state index is 13.4. The Hall–Kier alpha value is -2.58. The second-order valence-corrected chi connectivity index (χ2v) is 4.32. The van der Waals surface area contributed by atoms with Gasteiger partial charge in [-0.05, 0) is 6.42 Å². The van der Waals surface area contributed by atoms with Gasteiger partial charge in [-0.25, -0.2) is 4.39 Å². The van der Waals surface area contributed by atoms with E-state index in [0.29, 0.717) is 6.07 Å². The first-order chi connectivity index (χ1) is 9.31. The molecule has 0 spiro atoms. The summed E-state index contributed by atoms with van der Waals surface area (Å²) in [4.78, 5) is 31.7. The van der Waals surface area contributed by atoms with E-state index in [1.807, 2.05) is 5.32 Å². The smallest absolute Gasteiger partial charge is 0.307 e. The highest BCUT2D eigenvalue weighted by molar-refractivity contribution is 5.98. The Labute approximate surface area is 110 Å². The van der Waals surface area contributed by atoms with Gasteiger partial charge in [-0.3, -0.25) is 19.7 Å². The number of carbonyl (C=O) groups excluding carboxylic acids is 1. The third-order valence-corrected chi connectivity index (χ3v) is 2.94. The SMILES string of the molecule is O=C(O)[C@H]1C[C@H]1C(=O)Nc1cc([N+](=O)[O-])c(F)cc1F. The summed E-state index contributed by atoms with van der Waals surface area (Å²) in [6, 6.07) is 0.843. The molecule has 20 heavy (non-hydrogen) atoms. The molecule has 0 heterocycles. The van der Waals surface area contributed by atoms with E-state index in [-0.39, 0.29) is 12.5 Å². The number of carbonyl (C=O) groups is 2. The summed E-state index contributed by atoms with van der Waals surface area (Å²) in [7, 11) is 0. The Bertz CT molecular complexity index is 619. The van der Waals surface area contributed by atoms with Gasteiger partial charge in [0.2, 0.25) is 11.7 Å². The number of amides is 1. The fraction of sp³-hybridized carbons (Fsp3) is 0.273. The minimum atomic E-state index is -1.36. The first kappa shape index (κ1) is 13.8. The van der Waals surface area contributed by atoms with Crippen LogP contribution in [0.3, 0.4) is 0 Å². The number of rotatable bonds is 4. The molecule has 2 rings (SSSR count). The van der Waals surface area contributed by atoms with Crippen LogP contribution in [0.1, 0.15) is 6.42 Å². The van der Waals surface area contributed by atoms with E-state index in [0.717, 1.165) is 0 Å². The van der Waals surface area contributed by atoms with Gasteiger partial charge in [-0.15, -0.1) is 0 Å². The molecular formula is C11H8F2N2O5. The van der Waals surface area contributed by atoms with Gasteiger partial charge < -0.3 is 10.4 Å². The number of hydrogen-bond acceptors (Lipinski definition) is 4.